The van der Waals surface area contributed by atoms with Crippen LogP contribution in [0.15, 0.2) is 12.2 Å². The van der Waals surface area contributed by atoms with Crippen LogP contribution in [0.3, 0.4) is 0 Å². The van der Waals surface area contributed by atoms with Crippen LogP contribution in [0, 0.1) is 0 Å². The molecule has 0 aliphatic heterocycles. The van der Waals surface area contributed by atoms with Crippen molar-refractivity contribution in [1.82, 2.24) is 0 Å². The van der Waals surface area contributed by atoms with Gasteiger partial charge in [0.2, 0.25) is 0 Å². The third-order valence-corrected chi connectivity index (χ3v) is 2.48. The second kappa shape index (κ2) is 5.88. The second-order valence-electron chi connectivity index (χ2n) is 3.77. The van der Waals surface area contributed by atoms with Crippen LogP contribution in [-0.4, -0.2) is 36.5 Å². The summed E-state index contributed by atoms with van der Waals surface area (Å²) in [6, 6.07) is 0. The summed E-state index contributed by atoms with van der Waals surface area (Å²) in [6.07, 6.45) is 4.80. The normalized spacial score (nSPS) is 31.8. The number of rotatable bonds is 2. The minimum atomic E-state index is -0.471. The number of hydrogen-bond acceptors (Lipinski definition) is 4. The predicted molar refractivity (Wildman–Crippen MR) is 55.3 cm³/mol. The Labute approximate surface area is 89.9 Å². The van der Waals surface area contributed by atoms with E-state index in [0.29, 0.717) is 12.8 Å². The van der Waals surface area contributed by atoms with Gasteiger partial charge in [-0.05, 0) is 18.9 Å². The number of methoxy groups -OCH3 is 1. The zero-order valence-electron chi connectivity index (χ0n) is 9.18. The van der Waals surface area contributed by atoms with Crippen LogP contribution in [-0.2, 0) is 14.3 Å². The smallest absolute Gasteiger partial charge is 0.303 e. The number of aliphatic hydroxyl groups excluding tert-OH is 1. The Morgan fingerprint density at radius 2 is 2.13 bits per heavy atom. The van der Waals surface area contributed by atoms with Crippen molar-refractivity contribution in [1.29, 1.82) is 0 Å². The van der Waals surface area contributed by atoms with Crippen molar-refractivity contribution in [3.8, 4) is 0 Å². The molecular formula is C11H18O4. The summed E-state index contributed by atoms with van der Waals surface area (Å²) in [5, 5.41) is 9.50. The quantitative estimate of drug-likeness (QED) is 0.551. The zero-order valence-corrected chi connectivity index (χ0v) is 9.18. The number of carbonyl (C=O) groups excluding carboxylic acids is 1. The fourth-order valence-corrected chi connectivity index (χ4v) is 1.68. The van der Waals surface area contributed by atoms with E-state index >= 15 is 0 Å². The molecule has 0 saturated carbocycles. The number of aliphatic hydroxyl groups is 1. The first-order valence-electron chi connectivity index (χ1n) is 5.18. The Hall–Kier alpha value is -0.870. The highest BCUT2D eigenvalue weighted by Crippen LogP contribution is 2.17. The Bertz CT molecular complexity index is 237. The Morgan fingerprint density at radius 3 is 2.73 bits per heavy atom. The summed E-state index contributed by atoms with van der Waals surface area (Å²) in [5.74, 6) is -0.311. The molecule has 4 heteroatoms. The summed E-state index contributed by atoms with van der Waals surface area (Å²) in [4.78, 5) is 10.8. The lowest BCUT2D eigenvalue weighted by molar-refractivity contribution is -0.145. The van der Waals surface area contributed by atoms with Gasteiger partial charge in [0.1, 0.15) is 6.10 Å². The molecule has 3 unspecified atom stereocenters. The fourth-order valence-electron chi connectivity index (χ4n) is 1.68. The molecule has 1 rings (SSSR count). The largest absolute Gasteiger partial charge is 0.458 e. The summed E-state index contributed by atoms with van der Waals surface area (Å²) in [6.45, 7) is 1.38. The monoisotopic (exact) mass is 214 g/mol. The average Bonchev–Trinajstić information content (AvgIpc) is 2.16. The Kier molecular flexibility index (Phi) is 4.78. The predicted octanol–water partition coefficient (Wildman–Crippen LogP) is 1.03. The summed E-state index contributed by atoms with van der Waals surface area (Å²) in [7, 11) is 1.63. The van der Waals surface area contributed by atoms with Crippen LogP contribution >= 0.6 is 0 Å². The highest BCUT2D eigenvalue weighted by atomic mass is 16.5. The van der Waals surface area contributed by atoms with E-state index in [9.17, 15) is 9.90 Å². The minimum absolute atomic E-state index is 0.0361. The molecule has 0 saturated heterocycles. The summed E-state index contributed by atoms with van der Waals surface area (Å²) >= 11 is 0. The van der Waals surface area contributed by atoms with Crippen molar-refractivity contribution in [3.05, 3.63) is 12.2 Å². The lowest BCUT2D eigenvalue weighted by Gasteiger charge is -2.23. The highest BCUT2D eigenvalue weighted by molar-refractivity contribution is 5.66. The zero-order chi connectivity index (χ0) is 11.3. The molecule has 86 valence electrons. The molecule has 0 aromatic heterocycles. The molecule has 0 radical (unpaired) electrons. The van der Waals surface area contributed by atoms with E-state index in [1.54, 1.807) is 19.3 Å². The molecule has 0 bridgehead atoms. The standard InChI is InChI=1S/C11H18O4/c1-8(12)15-11-6-4-9(13)3-5-10(7-11)14-2/h4,6,9-11,13H,3,5,7H2,1-2H3. The van der Waals surface area contributed by atoms with Crippen molar-refractivity contribution in [2.75, 3.05) is 7.11 Å². The third kappa shape index (κ3) is 4.44. The lowest BCUT2D eigenvalue weighted by atomic mass is 10.00. The van der Waals surface area contributed by atoms with Crippen molar-refractivity contribution < 1.29 is 19.4 Å². The third-order valence-electron chi connectivity index (χ3n) is 2.48. The van der Waals surface area contributed by atoms with Gasteiger partial charge in [-0.25, -0.2) is 0 Å². The van der Waals surface area contributed by atoms with Crippen LogP contribution in [0.4, 0.5) is 0 Å². The first-order valence-corrected chi connectivity index (χ1v) is 5.18. The van der Waals surface area contributed by atoms with Crippen molar-refractivity contribution in [3.63, 3.8) is 0 Å². The van der Waals surface area contributed by atoms with Gasteiger partial charge in [0, 0.05) is 20.5 Å². The Morgan fingerprint density at radius 1 is 1.40 bits per heavy atom. The van der Waals surface area contributed by atoms with Gasteiger partial charge in [0.25, 0.3) is 0 Å². The van der Waals surface area contributed by atoms with Crippen molar-refractivity contribution in [2.24, 2.45) is 0 Å². The van der Waals surface area contributed by atoms with Gasteiger partial charge < -0.3 is 14.6 Å². The van der Waals surface area contributed by atoms with E-state index in [4.69, 9.17) is 9.47 Å². The van der Waals surface area contributed by atoms with Crippen LogP contribution in [0.25, 0.3) is 0 Å². The molecule has 0 fully saturated rings. The molecule has 0 heterocycles. The summed E-state index contributed by atoms with van der Waals surface area (Å²) < 4.78 is 10.3. The maximum absolute atomic E-state index is 10.8. The van der Waals surface area contributed by atoms with E-state index in [1.807, 2.05) is 0 Å². The molecule has 4 nitrogen and oxygen atoms in total. The highest BCUT2D eigenvalue weighted by Gasteiger charge is 2.20. The fraction of sp³-hybridized carbons (Fsp3) is 0.727. The number of esters is 1. The molecule has 15 heavy (non-hydrogen) atoms. The summed E-state index contributed by atoms with van der Waals surface area (Å²) in [5.41, 5.74) is 0. The molecule has 1 N–H and O–H groups in total. The van der Waals surface area contributed by atoms with Crippen LogP contribution in [0.2, 0.25) is 0 Å². The first-order chi connectivity index (χ1) is 7.11. The average molecular weight is 214 g/mol. The molecular weight excluding hydrogens is 196 g/mol. The molecule has 0 amide bonds. The van der Waals surface area contributed by atoms with Crippen molar-refractivity contribution >= 4 is 5.97 Å². The van der Waals surface area contributed by atoms with Gasteiger partial charge in [0.15, 0.2) is 0 Å². The van der Waals surface area contributed by atoms with Crippen LogP contribution in [0.5, 0.6) is 0 Å². The molecule has 3 atom stereocenters. The van der Waals surface area contributed by atoms with Gasteiger partial charge in [-0.3, -0.25) is 4.79 Å². The van der Waals surface area contributed by atoms with Gasteiger partial charge in [-0.15, -0.1) is 0 Å². The van der Waals surface area contributed by atoms with E-state index < -0.39 is 6.10 Å². The van der Waals surface area contributed by atoms with E-state index in [2.05, 4.69) is 0 Å². The molecule has 0 aromatic carbocycles. The van der Waals surface area contributed by atoms with Gasteiger partial charge in [-0.1, -0.05) is 6.08 Å². The molecule has 1 aliphatic rings. The molecule has 0 aromatic rings. The van der Waals surface area contributed by atoms with E-state index in [1.165, 1.54) is 6.92 Å². The van der Waals surface area contributed by atoms with Crippen LogP contribution in [0.1, 0.15) is 26.2 Å². The second-order valence-corrected chi connectivity index (χ2v) is 3.77. The molecule has 0 spiro atoms. The number of carbonyl (C=O) groups is 1. The SMILES string of the molecule is COC1CCC(O)C=CC(OC(C)=O)C1. The topological polar surface area (TPSA) is 55.8 Å². The van der Waals surface area contributed by atoms with E-state index in [0.717, 1.165) is 6.42 Å². The van der Waals surface area contributed by atoms with Gasteiger partial charge in [-0.2, -0.15) is 0 Å². The van der Waals surface area contributed by atoms with Crippen LogP contribution < -0.4 is 0 Å². The number of hydrogen-bond donors (Lipinski definition) is 1. The Balaban J connectivity index is 2.61. The minimum Gasteiger partial charge on any atom is -0.458 e. The first kappa shape index (κ1) is 12.2. The van der Waals surface area contributed by atoms with Crippen molar-refractivity contribution in [2.45, 2.75) is 44.5 Å². The number of ether oxygens (including phenoxy) is 2. The molecule has 1 aliphatic carbocycles. The maximum atomic E-state index is 10.8. The van der Waals surface area contributed by atoms with Gasteiger partial charge >= 0.3 is 5.97 Å². The van der Waals surface area contributed by atoms with E-state index in [-0.39, 0.29) is 18.2 Å². The van der Waals surface area contributed by atoms with Gasteiger partial charge in [0.05, 0.1) is 12.2 Å². The maximum Gasteiger partial charge on any atom is 0.303 e. The lowest BCUT2D eigenvalue weighted by Crippen LogP contribution is -2.26.